The van der Waals surface area contributed by atoms with Crippen LogP contribution in [0.1, 0.15) is 47.0 Å². The molecule has 2 nitrogen and oxygen atoms in total. The molecule has 0 saturated carbocycles. The zero-order valence-corrected chi connectivity index (χ0v) is 13.0. The van der Waals surface area contributed by atoms with E-state index in [1.54, 1.807) is 0 Å². The molecule has 0 aliphatic carbocycles. The second-order valence-corrected chi connectivity index (χ2v) is 11.2. The van der Waals surface area contributed by atoms with Crippen molar-refractivity contribution in [2.75, 3.05) is 13.2 Å². The van der Waals surface area contributed by atoms with Crippen molar-refractivity contribution < 1.29 is 9.53 Å². The predicted octanol–water partition coefficient (Wildman–Crippen LogP) is 3.81. The summed E-state index contributed by atoms with van der Waals surface area (Å²) in [6.45, 7) is 14.7. The molecule has 16 heavy (non-hydrogen) atoms. The van der Waals surface area contributed by atoms with E-state index in [0.717, 1.165) is 25.9 Å². The van der Waals surface area contributed by atoms with Crippen LogP contribution in [-0.4, -0.2) is 26.6 Å². The highest BCUT2D eigenvalue weighted by atomic mass is 28.4. The number of aliphatic hydroxyl groups is 1. The summed E-state index contributed by atoms with van der Waals surface area (Å²) >= 11 is 0. The molecule has 0 heterocycles. The summed E-state index contributed by atoms with van der Waals surface area (Å²) in [5, 5.41) is 9.21. The van der Waals surface area contributed by atoms with Gasteiger partial charge in [0, 0.05) is 13.2 Å². The van der Waals surface area contributed by atoms with E-state index in [-0.39, 0.29) is 0 Å². The van der Waals surface area contributed by atoms with Gasteiger partial charge in [-0.05, 0) is 36.9 Å². The first kappa shape index (κ1) is 16.1. The molecule has 0 spiro atoms. The number of aliphatic hydroxyl groups excluding tert-OH is 1. The minimum Gasteiger partial charge on any atom is -0.417 e. The van der Waals surface area contributed by atoms with E-state index in [9.17, 15) is 0 Å². The Labute approximate surface area is 103 Å². The Balaban J connectivity index is 3.67. The van der Waals surface area contributed by atoms with E-state index in [1.165, 1.54) is 0 Å². The maximum atomic E-state index is 8.90. The van der Waals surface area contributed by atoms with Gasteiger partial charge in [-0.3, -0.25) is 0 Å². The highest BCUT2D eigenvalue weighted by Crippen LogP contribution is 2.36. The van der Waals surface area contributed by atoms with E-state index in [2.05, 4.69) is 40.8 Å². The molecule has 1 N–H and O–H groups in total. The Morgan fingerprint density at radius 3 is 2.19 bits per heavy atom. The Bertz CT molecular complexity index is 185. The van der Waals surface area contributed by atoms with Gasteiger partial charge in [-0.2, -0.15) is 0 Å². The molecule has 0 aromatic carbocycles. The van der Waals surface area contributed by atoms with Crippen LogP contribution < -0.4 is 0 Å². The average molecular weight is 246 g/mol. The SMILES string of the molecule is CC(CO)CCCCO[Si](C)(C)C(C)(C)C. The predicted molar refractivity (Wildman–Crippen MR) is 73.2 cm³/mol. The second-order valence-electron chi connectivity index (χ2n) is 6.39. The van der Waals surface area contributed by atoms with Crippen LogP contribution in [0.2, 0.25) is 18.1 Å². The van der Waals surface area contributed by atoms with Gasteiger partial charge in [-0.15, -0.1) is 0 Å². The number of rotatable bonds is 7. The van der Waals surface area contributed by atoms with Gasteiger partial charge in [0.05, 0.1) is 0 Å². The van der Waals surface area contributed by atoms with Crippen LogP contribution in [-0.2, 0) is 4.43 Å². The molecule has 0 aliphatic rings. The van der Waals surface area contributed by atoms with E-state index in [0.29, 0.717) is 17.6 Å². The molecule has 0 rings (SSSR count). The maximum absolute atomic E-state index is 8.90. The summed E-state index contributed by atoms with van der Waals surface area (Å²) in [5.74, 6) is 0.438. The molecule has 0 saturated heterocycles. The first-order valence-corrected chi connectivity index (χ1v) is 9.36. The smallest absolute Gasteiger partial charge is 0.191 e. The lowest BCUT2D eigenvalue weighted by Gasteiger charge is -2.36. The van der Waals surface area contributed by atoms with Crippen molar-refractivity contribution in [3.8, 4) is 0 Å². The van der Waals surface area contributed by atoms with E-state index < -0.39 is 8.32 Å². The number of hydrogen-bond acceptors (Lipinski definition) is 2. The van der Waals surface area contributed by atoms with Gasteiger partial charge in [0.2, 0.25) is 0 Å². The monoisotopic (exact) mass is 246 g/mol. The van der Waals surface area contributed by atoms with Crippen LogP contribution in [0.25, 0.3) is 0 Å². The molecular formula is C13H30O2Si. The molecule has 0 amide bonds. The quantitative estimate of drug-likeness (QED) is 0.547. The lowest BCUT2D eigenvalue weighted by molar-refractivity contribution is 0.220. The molecule has 1 unspecified atom stereocenters. The molecule has 3 heteroatoms. The van der Waals surface area contributed by atoms with Gasteiger partial charge < -0.3 is 9.53 Å². The van der Waals surface area contributed by atoms with Crippen LogP contribution in [0.5, 0.6) is 0 Å². The highest BCUT2D eigenvalue weighted by molar-refractivity contribution is 6.74. The Hall–Kier alpha value is 0.137. The van der Waals surface area contributed by atoms with Crippen molar-refractivity contribution >= 4 is 8.32 Å². The van der Waals surface area contributed by atoms with Crippen LogP contribution in [0.3, 0.4) is 0 Å². The molecule has 0 radical (unpaired) electrons. The topological polar surface area (TPSA) is 29.5 Å². The van der Waals surface area contributed by atoms with E-state index >= 15 is 0 Å². The molecule has 0 aliphatic heterocycles. The van der Waals surface area contributed by atoms with Crippen LogP contribution >= 0.6 is 0 Å². The Morgan fingerprint density at radius 2 is 1.75 bits per heavy atom. The fourth-order valence-electron chi connectivity index (χ4n) is 1.23. The fourth-order valence-corrected chi connectivity index (χ4v) is 2.32. The van der Waals surface area contributed by atoms with Gasteiger partial charge >= 0.3 is 0 Å². The molecule has 98 valence electrons. The standard InChI is InChI=1S/C13H30O2Si/c1-12(11-14)9-7-8-10-15-16(5,6)13(2,3)4/h12,14H,7-11H2,1-6H3. The zero-order chi connectivity index (χ0) is 12.8. The summed E-state index contributed by atoms with van der Waals surface area (Å²) in [6.07, 6.45) is 3.39. The normalized spacial score (nSPS) is 15.2. The Morgan fingerprint density at radius 1 is 1.19 bits per heavy atom. The van der Waals surface area contributed by atoms with Crippen molar-refractivity contribution in [3.63, 3.8) is 0 Å². The Kier molecular flexibility index (Phi) is 6.83. The van der Waals surface area contributed by atoms with Gasteiger partial charge in [0.25, 0.3) is 0 Å². The number of unbranched alkanes of at least 4 members (excludes halogenated alkanes) is 1. The van der Waals surface area contributed by atoms with Crippen molar-refractivity contribution in [1.29, 1.82) is 0 Å². The van der Waals surface area contributed by atoms with Crippen LogP contribution in [0.4, 0.5) is 0 Å². The van der Waals surface area contributed by atoms with Gasteiger partial charge in [-0.25, -0.2) is 0 Å². The van der Waals surface area contributed by atoms with E-state index in [1.807, 2.05) is 0 Å². The minimum absolute atomic E-state index is 0.309. The average Bonchev–Trinajstić information content (AvgIpc) is 2.15. The summed E-state index contributed by atoms with van der Waals surface area (Å²) in [4.78, 5) is 0. The molecule has 0 aromatic heterocycles. The molecule has 0 bridgehead atoms. The third-order valence-corrected chi connectivity index (χ3v) is 8.21. The maximum Gasteiger partial charge on any atom is 0.191 e. The van der Waals surface area contributed by atoms with Gasteiger partial charge in [-0.1, -0.05) is 34.1 Å². The lowest BCUT2D eigenvalue weighted by Crippen LogP contribution is -2.40. The second kappa shape index (κ2) is 6.77. The lowest BCUT2D eigenvalue weighted by atomic mass is 10.1. The third kappa shape index (κ3) is 6.02. The summed E-state index contributed by atoms with van der Waals surface area (Å²) in [7, 11) is -1.54. The summed E-state index contributed by atoms with van der Waals surface area (Å²) < 4.78 is 6.09. The minimum atomic E-state index is -1.54. The third-order valence-electron chi connectivity index (χ3n) is 3.67. The van der Waals surface area contributed by atoms with Crippen molar-refractivity contribution in [3.05, 3.63) is 0 Å². The van der Waals surface area contributed by atoms with Crippen LogP contribution in [0, 0.1) is 5.92 Å². The summed E-state index contributed by atoms with van der Waals surface area (Å²) in [6, 6.07) is 0. The first-order valence-electron chi connectivity index (χ1n) is 6.45. The first-order chi connectivity index (χ1) is 7.20. The van der Waals surface area contributed by atoms with Crippen LogP contribution in [0.15, 0.2) is 0 Å². The van der Waals surface area contributed by atoms with Crippen molar-refractivity contribution in [2.24, 2.45) is 5.92 Å². The van der Waals surface area contributed by atoms with Gasteiger partial charge in [0.1, 0.15) is 0 Å². The van der Waals surface area contributed by atoms with Gasteiger partial charge in [0.15, 0.2) is 8.32 Å². The van der Waals surface area contributed by atoms with Crippen molar-refractivity contribution in [2.45, 2.75) is 65.1 Å². The number of hydrogen-bond donors (Lipinski definition) is 1. The molecular weight excluding hydrogens is 216 g/mol. The van der Waals surface area contributed by atoms with Crippen molar-refractivity contribution in [1.82, 2.24) is 0 Å². The van der Waals surface area contributed by atoms with E-state index in [4.69, 9.17) is 9.53 Å². The zero-order valence-electron chi connectivity index (χ0n) is 12.0. The molecule has 1 atom stereocenters. The molecule has 0 fully saturated rings. The largest absolute Gasteiger partial charge is 0.417 e. The summed E-state index contributed by atoms with van der Waals surface area (Å²) in [5.41, 5.74) is 0. The fraction of sp³-hybridized carbons (Fsp3) is 1.00. The highest BCUT2D eigenvalue weighted by Gasteiger charge is 2.36. The molecule has 0 aromatic rings.